The Morgan fingerprint density at radius 3 is 2.50 bits per heavy atom. The van der Waals surface area contributed by atoms with Crippen molar-refractivity contribution < 1.29 is 9.34 Å². The number of nitrogens with zero attached hydrogens (tertiary/aromatic N) is 4. The maximum atomic E-state index is 12.6. The van der Waals surface area contributed by atoms with E-state index < -0.39 is 10.5 Å². The van der Waals surface area contributed by atoms with Crippen molar-refractivity contribution in [3.63, 3.8) is 0 Å². The predicted octanol–water partition coefficient (Wildman–Crippen LogP) is 4.00. The smallest absolute Gasteiger partial charge is 0.347 e. The summed E-state index contributed by atoms with van der Waals surface area (Å²) >= 11 is 0. The van der Waals surface area contributed by atoms with Gasteiger partial charge in [0.15, 0.2) is 11.6 Å². The minimum Gasteiger partial charge on any atom is -0.422 e. The van der Waals surface area contributed by atoms with Crippen molar-refractivity contribution in [2.45, 2.75) is 13.8 Å². The molecule has 0 aliphatic heterocycles. The molecule has 9 nitrogen and oxygen atoms in total. The summed E-state index contributed by atoms with van der Waals surface area (Å²) in [5.41, 5.74) is 1.81. The van der Waals surface area contributed by atoms with Gasteiger partial charge in [0.25, 0.3) is 5.69 Å². The Bertz CT molecular complexity index is 1270. The van der Waals surface area contributed by atoms with Crippen LogP contribution >= 0.6 is 0 Å². The number of non-ortho nitro benzene ring substituents is 1. The van der Waals surface area contributed by atoms with Gasteiger partial charge in [0.2, 0.25) is 0 Å². The van der Waals surface area contributed by atoms with Crippen molar-refractivity contribution in [3.8, 4) is 22.8 Å². The molecule has 0 aliphatic carbocycles. The van der Waals surface area contributed by atoms with E-state index in [0.29, 0.717) is 17.0 Å². The zero-order valence-electron chi connectivity index (χ0n) is 16.5. The van der Waals surface area contributed by atoms with Crippen LogP contribution in [0.5, 0.6) is 0 Å². The molecule has 1 N–H and O–H groups in total. The van der Waals surface area contributed by atoms with Gasteiger partial charge in [-0.15, -0.1) is 0 Å². The second-order valence-electron chi connectivity index (χ2n) is 6.65. The maximum Gasteiger partial charge on any atom is 0.347 e. The quantitative estimate of drug-likeness (QED) is 0.293. The number of rotatable bonds is 6. The first-order valence-electron chi connectivity index (χ1n) is 9.50. The predicted molar refractivity (Wildman–Crippen MR) is 114 cm³/mol. The Morgan fingerprint density at radius 1 is 1.10 bits per heavy atom. The van der Waals surface area contributed by atoms with Crippen LogP contribution in [0.4, 0.5) is 11.4 Å². The summed E-state index contributed by atoms with van der Waals surface area (Å²) in [6, 6.07) is 13.3. The maximum absolute atomic E-state index is 12.6. The SMILES string of the molecule is CCN(CC)c1ccc2cc(-c3nc(-c4ccc([N+](=O)[O-])cc4)n[nH]3)c(=O)oc2c1. The fourth-order valence-electron chi connectivity index (χ4n) is 3.29. The van der Waals surface area contributed by atoms with Gasteiger partial charge in [-0.2, -0.15) is 5.10 Å². The number of aromatic amines is 1. The third-order valence-electron chi connectivity index (χ3n) is 4.92. The number of H-pyrrole nitrogens is 1. The third-order valence-corrected chi connectivity index (χ3v) is 4.92. The van der Waals surface area contributed by atoms with Gasteiger partial charge in [-0.05, 0) is 44.2 Å². The lowest BCUT2D eigenvalue weighted by molar-refractivity contribution is -0.384. The van der Waals surface area contributed by atoms with Gasteiger partial charge in [0.1, 0.15) is 11.1 Å². The topological polar surface area (TPSA) is 118 Å². The lowest BCUT2D eigenvalue weighted by atomic mass is 10.1. The minimum absolute atomic E-state index is 0.0197. The number of fused-ring (bicyclic) bond motifs is 1. The summed E-state index contributed by atoms with van der Waals surface area (Å²) in [4.78, 5) is 29.4. The lowest BCUT2D eigenvalue weighted by Gasteiger charge is -2.20. The van der Waals surface area contributed by atoms with Crippen molar-refractivity contribution >= 4 is 22.3 Å². The summed E-state index contributed by atoms with van der Waals surface area (Å²) in [6.07, 6.45) is 0. The van der Waals surface area contributed by atoms with Crippen molar-refractivity contribution in [2.24, 2.45) is 0 Å². The van der Waals surface area contributed by atoms with Crippen LogP contribution in [0.25, 0.3) is 33.7 Å². The van der Waals surface area contributed by atoms with Crippen LogP contribution in [0.1, 0.15) is 13.8 Å². The van der Waals surface area contributed by atoms with Gasteiger partial charge in [0.05, 0.1) is 4.92 Å². The number of hydrogen-bond donors (Lipinski definition) is 1. The zero-order chi connectivity index (χ0) is 21.3. The molecule has 0 radical (unpaired) electrons. The van der Waals surface area contributed by atoms with E-state index in [1.54, 1.807) is 18.2 Å². The Balaban J connectivity index is 1.70. The van der Waals surface area contributed by atoms with Crippen molar-refractivity contribution in [3.05, 3.63) is 69.1 Å². The van der Waals surface area contributed by atoms with Gasteiger partial charge in [0, 0.05) is 47.9 Å². The molecule has 152 valence electrons. The number of nitro benzene ring substituents is 1. The average Bonchev–Trinajstić information content (AvgIpc) is 3.24. The van der Waals surface area contributed by atoms with Crippen LogP contribution in [0.15, 0.2) is 57.7 Å². The van der Waals surface area contributed by atoms with Crippen LogP contribution in [-0.4, -0.2) is 33.2 Å². The fourth-order valence-corrected chi connectivity index (χ4v) is 3.29. The zero-order valence-corrected chi connectivity index (χ0v) is 16.5. The number of nitrogens with one attached hydrogen (secondary N) is 1. The summed E-state index contributed by atoms with van der Waals surface area (Å²) in [6.45, 7) is 5.85. The molecule has 0 saturated carbocycles. The van der Waals surface area contributed by atoms with E-state index in [-0.39, 0.29) is 17.1 Å². The molecule has 9 heteroatoms. The standard InChI is InChI=1S/C21H19N5O4/c1-3-25(4-2)16-10-7-14-11-17(21(27)30-18(14)12-16)20-22-19(23-24-20)13-5-8-15(9-6-13)26(28)29/h5-12H,3-4H2,1-2H3,(H,22,23,24). The molecule has 0 atom stereocenters. The van der Waals surface area contributed by atoms with Crippen LogP contribution in [-0.2, 0) is 0 Å². The van der Waals surface area contributed by atoms with Crippen molar-refractivity contribution in [1.82, 2.24) is 15.2 Å². The van der Waals surface area contributed by atoms with Crippen LogP contribution < -0.4 is 10.5 Å². The molecule has 2 heterocycles. The molecule has 30 heavy (non-hydrogen) atoms. The van der Waals surface area contributed by atoms with Crippen LogP contribution in [0, 0.1) is 10.1 Å². The number of hydrogen-bond acceptors (Lipinski definition) is 7. The molecular formula is C21H19N5O4. The first-order chi connectivity index (χ1) is 14.5. The van der Waals surface area contributed by atoms with Gasteiger partial charge < -0.3 is 9.32 Å². The van der Waals surface area contributed by atoms with E-state index in [9.17, 15) is 14.9 Å². The highest BCUT2D eigenvalue weighted by Crippen LogP contribution is 2.25. The highest BCUT2D eigenvalue weighted by atomic mass is 16.6. The van der Waals surface area contributed by atoms with Crippen molar-refractivity contribution in [1.29, 1.82) is 0 Å². The molecule has 0 aliphatic rings. The van der Waals surface area contributed by atoms with E-state index in [1.165, 1.54) is 12.1 Å². The van der Waals surface area contributed by atoms with Gasteiger partial charge in [-0.25, -0.2) is 9.78 Å². The molecule has 0 unspecified atom stereocenters. The van der Waals surface area contributed by atoms with Crippen LogP contribution in [0.3, 0.4) is 0 Å². The van der Waals surface area contributed by atoms with Crippen LogP contribution in [0.2, 0.25) is 0 Å². The lowest BCUT2D eigenvalue weighted by Crippen LogP contribution is -2.21. The monoisotopic (exact) mass is 405 g/mol. The fraction of sp³-hybridized carbons (Fsp3) is 0.190. The molecule has 2 aromatic carbocycles. The summed E-state index contributed by atoms with van der Waals surface area (Å²) in [5.74, 6) is 0.600. The molecule has 2 aromatic heterocycles. The van der Waals surface area contributed by atoms with E-state index in [1.807, 2.05) is 18.2 Å². The second-order valence-corrected chi connectivity index (χ2v) is 6.65. The van der Waals surface area contributed by atoms with E-state index in [2.05, 4.69) is 33.9 Å². The second kappa shape index (κ2) is 7.78. The molecular weight excluding hydrogens is 386 g/mol. The Kier molecular flexibility index (Phi) is 5.01. The average molecular weight is 405 g/mol. The van der Waals surface area contributed by atoms with E-state index >= 15 is 0 Å². The Hall–Kier alpha value is -4.01. The highest BCUT2D eigenvalue weighted by Gasteiger charge is 2.15. The molecule has 0 bridgehead atoms. The summed E-state index contributed by atoms with van der Waals surface area (Å²) < 4.78 is 5.54. The molecule has 0 spiro atoms. The largest absolute Gasteiger partial charge is 0.422 e. The molecule has 0 fully saturated rings. The Labute approximate surface area is 171 Å². The summed E-state index contributed by atoms with van der Waals surface area (Å²) in [7, 11) is 0. The number of nitro groups is 1. The van der Waals surface area contributed by atoms with Crippen molar-refractivity contribution in [2.75, 3.05) is 18.0 Å². The molecule has 4 aromatic rings. The molecule has 0 amide bonds. The summed E-state index contributed by atoms with van der Waals surface area (Å²) in [5, 5.41) is 18.4. The first kappa shape index (κ1) is 19.3. The normalized spacial score (nSPS) is 11.0. The highest BCUT2D eigenvalue weighted by molar-refractivity contribution is 5.83. The molecule has 0 saturated heterocycles. The minimum atomic E-state index is -0.523. The van der Waals surface area contributed by atoms with Gasteiger partial charge in [-0.3, -0.25) is 15.2 Å². The van der Waals surface area contributed by atoms with E-state index in [0.717, 1.165) is 24.2 Å². The number of anilines is 1. The Morgan fingerprint density at radius 2 is 1.83 bits per heavy atom. The third kappa shape index (κ3) is 3.52. The number of benzene rings is 2. The molecule has 4 rings (SSSR count). The number of aromatic nitrogens is 3. The van der Waals surface area contributed by atoms with Gasteiger partial charge >= 0.3 is 5.63 Å². The first-order valence-corrected chi connectivity index (χ1v) is 9.50. The van der Waals surface area contributed by atoms with Gasteiger partial charge in [-0.1, -0.05) is 0 Å². The van der Waals surface area contributed by atoms with E-state index in [4.69, 9.17) is 4.42 Å².